The van der Waals surface area contributed by atoms with Gasteiger partial charge in [-0.3, -0.25) is 0 Å². The largest absolute Gasteiger partial charge is 0.311 e. The Morgan fingerprint density at radius 1 is 0.375 bits per heavy atom. The Hall–Kier alpha value is -7.88. The molecule has 3 heteroatoms. The van der Waals surface area contributed by atoms with Crippen LogP contribution in [0.15, 0.2) is 212 Å². The molecule has 10 aromatic rings. The average Bonchev–Trinajstić information content (AvgIpc) is 3.63. The van der Waals surface area contributed by atoms with E-state index in [1.807, 2.05) is 0 Å². The second-order valence-corrected chi connectivity index (χ2v) is 23.0. The second-order valence-electron chi connectivity index (χ2n) is 23.0. The average molecular weight is 927 g/mol. The smallest absolute Gasteiger partial charge is 0.252 e. The van der Waals surface area contributed by atoms with Gasteiger partial charge in [0.25, 0.3) is 6.71 Å². The Labute approximate surface area is 426 Å². The van der Waals surface area contributed by atoms with E-state index in [-0.39, 0.29) is 23.0 Å². The van der Waals surface area contributed by atoms with Gasteiger partial charge in [0.15, 0.2) is 0 Å². The van der Waals surface area contributed by atoms with Crippen LogP contribution in [0.5, 0.6) is 0 Å². The van der Waals surface area contributed by atoms with Gasteiger partial charge in [-0.05, 0) is 153 Å². The number of nitrogens with zero attached hydrogens (tertiary/aromatic N) is 2. The first kappa shape index (κ1) is 44.1. The maximum Gasteiger partial charge on any atom is 0.252 e. The second kappa shape index (κ2) is 16.1. The van der Waals surface area contributed by atoms with Crippen LogP contribution in [0.1, 0.15) is 77.6 Å². The first-order valence-corrected chi connectivity index (χ1v) is 25.8. The van der Waals surface area contributed by atoms with Crippen LogP contribution < -0.4 is 26.2 Å². The summed E-state index contributed by atoms with van der Waals surface area (Å²) in [7, 11) is 0. The fourth-order valence-electron chi connectivity index (χ4n) is 12.4. The van der Waals surface area contributed by atoms with Crippen molar-refractivity contribution in [3.05, 3.63) is 235 Å². The SMILES string of the molecule is CC(C)(C)c1ccc2c(c1)N(c1ccc(-c3ccccc3)cc1)c1cc(C(C)(C)C)cc3c1B2c1cc(-c2cccc4ccccc24)ccc1N3c1ccc(-c2cccc3c2C(C)(C)c2ccccc2-3)cc1. The lowest BCUT2D eigenvalue weighted by atomic mass is 9.33. The summed E-state index contributed by atoms with van der Waals surface area (Å²) in [4.78, 5) is 5.16. The molecule has 348 valence electrons. The van der Waals surface area contributed by atoms with Crippen LogP contribution in [0.2, 0.25) is 0 Å². The minimum absolute atomic E-state index is 0.0240. The number of anilines is 6. The van der Waals surface area contributed by atoms with Crippen molar-refractivity contribution in [1.29, 1.82) is 0 Å². The van der Waals surface area contributed by atoms with Crippen LogP contribution in [0.25, 0.3) is 55.3 Å². The summed E-state index contributed by atoms with van der Waals surface area (Å²) in [5.74, 6) is 0. The Balaban J connectivity index is 1.06. The van der Waals surface area contributed by atoms with Gasteiger partial charge in [0, 0.05) is 39.5 Å². The van der Waals surface area contributed by atoms with Gasteiger partial charge in [-0.2, -0.15) is 0 Å². The van der Waals surface area contributed by atoms with E-state index < -0.39 is 0 Å². The number of benzene rings is 10. The van der Waals surface area contributed by atoms with E-state index in [1.54, 1.807) is 0 Å². The third kappa shape index (κ3) is 6.85. The predicted molar refractivity (Wildman–Crippen MR) is 309 cm³/mol. The molecular formula is C69H59BN2. The van der Waals surface area contributed by atoms with E-state index in [9.17, 15) is 0 Å². The normalized spacial score (nSPS) is 14.1. The lowest BCUT2D eigenvalue weighted by Gasteiger charge is -2.45. The summed E-state index contributed by atoms with van der Waals surface area (Å²) >= 11 is 0. The lowest BCUT2D eigenvalue weighted by Crippen LogP contribution is -2.61. The lowest BCUT2D eigenvalue weighted by molar-refractivity contribution is 0.590. The van der Waals surface area contributed by atoms with Crippen LogP contribution in [0.3, 0.4) is 0 Å². The minimum Gasteiger partial charge on any atom is -0.311 e. The zero-order valence-electron chi connectivity index (χ0n) is 42.7. The highest BCUT2D eigenvalue weighted by Gasteiger charge is 2.45. The van der Waals surface area contributed by atoms with Gasteiger partial charge in [0.1, 0.15) is 0 Å². The third-order valence-corrected chi connectivity index (χ3v) is 16.2. The number of hydrogen-bond acceptors (Lipinski definition) is 2. The van der Waals surface area contributed by atoms with E-state index in [4.69, 9.17) is 0 Å². The molecule has 0 radical (unpaired) electrons. The maximum atomic E-state index is 2.58. The third-order valence-electron chi connectivity index (χ3n) is 16.2. The summed E-state index contributed by atoms with van der Waals surface area (Å²) < 4.78 is 0. The Morgan fingerprint density at radius 2 is 0.917 bits per heavy atom. The van der Waals surface area contributed by atoms with Gasteiger partial charge in [-0.1, -0.05) is 219 Å². The molecule has 0 unspecified atom stereocenters. The van der Waals surface area contributed by atoms with Crippen LogP contribution in [0, 0.1) is 0 Å². The highest BCUT2D eigenvalue weighted by atomic mass is 15.2. The molecule has 10 aromatic carbocycles. The topological polar surface area (TPSA) is 6.48 Å². The Kier molecular flexibility index (Phi) is 9.84. The van der Waals surface area contributed by atoms with Crippen molar-refractivity contribution in [2.75, 3.05) is 9.80 Å². The van der Waals surface area contributed by atoms with Crippen LogP contribution in [-0.2, 0) is 16.2 Å². The zero-order valence-corrected chi connectivity index (χ0v) is 42.7. The monoisotopic (exact) mass is 926 g/mol. The van der Waals surface area contributed by atoms with Gasteiger partial charge >= 0.3 is 0 Å². The van der Waals surface area contributed by atoms with Crippen molar-refractivity contribution >= 4 is 68.0 Å². The highest BCUT2D eigenvalue weighted by Crippen LogP contribution is 2.53. The minimum atomic E-state index is -0.135. The van der Waals surface area contributed by atoms with E-state index in [0.717, 1.165) is 11.4 Å². The molecule has 2 nitrogen and oxygen atoms in total. The molecule has 0 fully saturated rings. The molecule has 0 amide bonds. The number of fused-ring (bicyclic) bond motifs is 8. The first-order valence-electron chi connectivity index (χ1n) is 25.8. The molecule has 72 heavy (non-hydrogen) atoms. The van der Waals surface area contributed by atoms with Crippen molar-refractivity contribution in [2.24, 2.45) is 0 Å². The van der Waals surface area contributed by atoms with E-state index >= 15 is 0 Å². The molecule has 3 aliphatic rings. The van der Waals surface area contributed by atoms with E-state index in [2.05, 4.69) is 278 Å². The van der Waals surface area contributed by atoms with Crippen molar-refractivity contribution in [3.8, 4) is 44.5 Å². The zero-order chi connectivity index (χ0) is 49.3. The van der Waals surface area contributed by atoms with Crippen molar-refractivity contribution in [2.45, 2.75) is 71.6 Å². The molecule has 2 aliphatic heterocycles. The molecule has 13 rings (SSSR count). The summed E-state index contributed by atoms with van der Waals surface area (Å²) in [6, 6.07) is 80.5. The molecule has 0 atom stereocenters. The molecule has 1 aliphatic carbocycles. The molecular weight excluding hydrogens is 868 g/mol. The van der Waals surface area contributed by atoms with Crippen molar-refractivity contribution < 1.29 is 0 Å². The van der Waals surface area contributed by atoms with Crippen LogP contribution >= 0.6 is 0 Å². The molecule has 0 spiro atoms. The van der Waals surface area contributed by atoms with Crippen LogP contribution in [0.4, 0.5) is 34.1 Å². The molecule has 0 bridgehead atoms. The standard InChI is InChI=1S/C69H59BN2/c1-67(2,3)49-33-38-59-62(41-49)72(52-34-28-45(29-35-52)44-18-10-9-11-19-44)64-43-50(68(4,5)6)42-63-66(64)70(59)60-40-48(54-24-16-21-46-20-12-13-22-53(46)54)32-39-61(60)71(63)51-36-30-47(31-37-51)55-25-17-26-57-56-23-14-15-27-58(56)69(7,8)65(55)57/h9-43H,1-8H3. The van der Waals surface area contributed by atoms with Gasteiger partial charge in [-0.25, -0.2) is 0 Å². The van der Waals surface area contributed by atoms with Gasteiger partial charge < -0.3 is 9.80 Å². The van der Waals surface area contributed by atoms with Crippen molar-refractivity contribution in [1.82, 2.24) is 0 Å². The molecule has 0 N–H and O–H groups in total. The number of rotatable bonds is 5. The van der Waals surface area contributed by atoms with Crippen LogP contribution in [-0.4, -0.2) is 6.71 Å². The summed E-state index contributed by atoms with van der Waals surface area (Å²) in [6.07, 6.45) is 0. The predicted octanol–water partition coefficient (Wildman–Crippen LogP) is 16.8. The number of hydrogen-bond donors (Lipinski definition) is 0. The summed E-state index contributed by atoms with van der Waals surface area (Å²) in [6.45, 7) is 18.8. The van der Waals surface area contributed by atoms with Crippen molar-refractivity contribution in [3.63, 3.8) is 0 Å². The Morgan fingerprint density at radius 3 is 1.64 bits per heavy atom. The Bertz CT molecular complexity index is 3790. The highest BCUT2D eigenvalue weighted by molar-refractivity contribution is 7.00. The summed E-state index contributed by atoms with van der Waals surface area (Å²) in [5.41, 5.74) is 26.4. The maximum absolute atomic E-state index is 2.58. The fourth-order valence-corrected chi connectivity index (χ4v) is 12.4. The quantitative estimate of drug-likeness (QED) is 0.159. The summed E-state index contributed by atoms with van der Waals surface area (Å²) in [5, 5.41) is 2.52. The molecule has 2 heterocycles. The molecule has 0 saturated carbocycles. The van der Waals surface area contributed by atoms with Gasteiger partial charge in [0.2, 0.25) is 0 Å². The van der Waals surface area contributed by atoms with Gasteiger partial charge in [0.05, 0.1) is 0 Å². The molecule has 0 saturated heterocycles. The fraction of sp³-hybridized carbons (Fsp3) is 0.159. The molecule has 0 aromatic heterocycles. The first-order chi connectivity index (χ1) is 34.7. The van der Waals surface area contributed by atoms with E-state index in [0.29, 0.717) is 0 Å². The van der Waals surface area contributed by atoms with Gasteiger partial charge in [-0.15, -0.1) is 0 Å². The van der Waals surface area contributed by atoms with E-state index in [1.165, 1.54) is 117 Å².